The van der Waals surface area contributed by atoms with E-state index in [-0.39, 0.29) is 18.0 Å². The summed E-state index contributed by atoms with van der Waals surface area (Å²) in [7, 11) is 0. The van der Waals surface area contributed by atoms with Crippen LogP contribution >= 0.6 is 0 Å². The first kappa shape index (κ1) is 25.9. The van der Waals surface area contributed by atoms with Gasteiger partial charge in [-0.25, -0.2) is 0 Å². The predicted molar refractivity (Wildman–Crippen MR) is 112 cm³/mol. The van der Waals surface area contributed by atoms with Crippen molar-refractivity contribution in [1.29, 1.82) is 0 Å². The highest BCUT2D eigenvalue weighted by Gasteiger charge is 2.13. The summed E-state index contributed by atoms with van der Waals surface area (Å²) < 4.78 is 10.7. The molecule has 0 aromatic heterocycles. The fourth-order valence-electron chi connectivity index (χ4n) is 3.20. The van der Waals surface area contributed by atoms with Crippen LogP contribution in [0.3, 0.4) is 0 Å². The summed E-state index contributed by atoms with van der Waals surface area (Å²) in [4.78, 5) is 23.6. The first-order valence-corrected chi connectivity index (χ1v) is 11.5. The second kappa shape index (κ2) is 19.7. The van der Waals surface area contributed by atoms with Crippen LogP contribution in [0.15, 0.2) is 0 Å². The fourth-order valence-corrected chi connectivity index (χ4v) is 3.20. The lowest BCUT2D eigenvalue weighted by Crippen LogP contribution is -2.18. The van der Waals surface area contributed by atoms with E-state index in [4.69, 9.17) is 9.47 Å². The molecule has 0 atom stereocenters. The standard InChI is InChI=1S/C23H44O4/c1-4-7-8-9-10-11-12-13-14-20-26-22(24)18-15-19-23(25)27-21(16-5-2)17-6-3/h21H,4-20H2,1-3H3. The van der Waals surface area contributed by atoms with Crippen molar-refractivity contribution in [2.75, 3.05) is 6.61 Å². The Kier molecular flexibility index (Phi) is 18.9. The highest BCUT2D eigenvalue weighted by atomic mass is 16.5. The zero-order valence-corrected chi connectivity index (χ0v) is 18.2. The van der Waals surface area contributed by atoms with Crippen molar-refractivity contribution in [1.82, 2.24) is 0 Å². The number of ether oxygens (including phenoxy) is 2. The van der Waals surface area contributed by atoms with E-state index in [1.807, 2.05) is 0 Å². The van der Waals surface area contributed by atoms with Gasteiger partial charge in [-0.15, -0.1) is 0 Å². The fraction of sp³-hybridized carbons (Fsp3) is 0.913. The lowest BCUT2D eigenvalue weighted by Gasteiger charge is -2.16. The molecule has 27 heavy (non-hydrogen) atoms. The van der Waals surface area contributed by atoms with Crippen molar-refractivity contribution in [2.24, 2.45) is 0 Å². The lowest BCUT2D eigenvalue weighted by molar-refractivity contribution is -0.150. The molecule has 0 fully saturated rings. The molecule has 0 saturated carbocycles. The van der Waals surface area contributed by atoms with Crippen LogP contribution in [0.5, 0.6) is 0 Å². The summed E-state index contributed by atoms with van der Waals surface area (Å²) in [6.45, 7) is 6.94. The number of carbonyl (C=O) groups excluding carboxylic acids is 2. The SMILES string of the molecule is CCCCCCCCCCCOC(=O)CCCC(=O)OC(CCC)CCC. The third-order valence-electron chi connectivity index (χ3n) is 4.79. The van der Waals surface area contributed by atoms with E-state index in [0.29, 0.717) is 25.9 Å². The predicted octanol–water partition coefficient (Wildman–Crippen LogP) is 6.74. The third kappa shape index (κ3) is 18.1. The summed E-state index contributed by atoms with van der Waals surface area (Å²) in [6, 6.07) is 0. The number of carbonyl (C=O) groups is 2. The molecule has 0 rings (SSSR count). The average Bonchev–Trinajstić information content (AvgIpc) is 2.63. The molecule has 0 unspecified atom stereocenters. The van der Waals surface area contributed by atoms with Crippen molar-refractivity contribution in [3.05, 3.63) is 0 Å². The monoisotopic (exact) mass is 384 g/mol. The Balaban J connectivity index is 3.51. The summed E-state index contributed by atoms with van der Waals surface area (Å²) >= 11 is 0. The quantitative estimate of drug-likeness (QED) is 0.183. The third-order valence-corrected chi connectivity index (χ3v) is 4.79. The highest BCUT2D eigenvalue weighted by molar-refractivity contribution is 5.72. The van der Waals surface area contributed by atoms with Crippen LogP contribution in [0, 0.1) is 0 Å². The van der Waals surface area contributed by atoms with Gasteiger partial charge in [-0.3, -0.25) is 9.59 Å². The molecule has 160 valence electrons. The minimum atomic E-state index is -0.193. The minimum Gasteiger partial charge on any atom is -0.466 e. The van der Waals surface area contributed by atoms with Gasteiger partial charge in [0.1, 0.15) is 6.10 Å². The molecule has 0 bridgehead atoms. The molecule has 0 saturated heterocycles. The smallest absolute Gasteiger partial charge is 0.306 e. The van der Waals surface area contributed by atoms with Crippen LogP contribution in [0.25, 0.3) is 0 Å². The molecule has 0 aliphatic carbocycles. The molecule has 0 radical (unpaired) electrons. The van der Waals surface area contributed by atoms with Crippen molar-refractivity contribution in [2.45, 2.75) is 130 Å². The summed E-state index contributed by atoms with van der Waals surface area (Å²) in [6.07, 6.45) is 16.3. The number of esters is 2. The molecule has 4 heteroatoms. The van der Waals surface area contributed by atoms with Crippen LogP contribution < -0.4 is 0 Å². The van der Waals surface area contributed by atoms with Gasteiger partial charge in [0.05, 0.1) is 6.61 Å². The zero-order chi connectivity index (χ0) is 20.2. The molecule has 0 heterocycles. The molecule has 4 nitrogen and oxygen atoms in total. The topological polar surface area (TPSA) is 52.6 Å². The van der Waals surface area contributed by atoms with E-state index in [0.717, 1.165) is 38.5 Å². The Morgan fingerprint density at radius 3 is 1.70 bits per heavy atom. The molecule has 0 N–H and O–H groups in total. The van der Waals surface area contributed by atoms with E-state index in [1.165, 1.54) is 44.9 Å². The Morgan fingerprint density at radius 2 is 1.15 bits per heavy atom. The molecule has 0 aromatic carbocycles. The molecule has 0 aliphatic heterocycles. The van der Waals surface area contributed by atoms with Crippen LogP contribution in [0.2, 0.25) is 0 Å². The number of hydrogen-bond donors (Lipinski definition) is 0. The van der Waals surface area contributed by atoms with Crippen LogP contribution in [0.1, 0.15) is 124 Å². The average molecular weight is 385 g/mol. The first-order chi connectivity index (χ1) is 13.1. The second-order valence-electron chi connectivity index (χ2n) is 7.59. The summed E-state index contributed by atoms with van der Waals surface area (Å²) in [5, 5.41) is 0. The lowest BCUT2D eigenvalue weighted by atomic mass is 10.1. The van der Waals surface area contributed by atoms with Gasteiger partial charge in [0.25, 0.3) is 0 Å². The van der Waals surface area contributed by atoms with E-state index in [9.17, 15) is 9.59 Å². The van der Waals surface area contributed by atoms with Gasteiger partial charge in [-0.05, 0) is 25.7 Å². The maximum Gasteiger partial charge on any atom is 0.306 e. The summed E-state index contributed by atoms with van der Waals surface area (Å²) in [5.74, 6) is -0.380. The van der Waals surface area contributed by atoms with Gasteiger partial charge in [0.15, 0.2) is 0 Å². The van der Waals surface area contributed by atoms with Gasteiger partial charge in [0.2, 0.25) is 0 Å². The maximum absolute atomic E-state index is 11.9. The van der Waals surface area contributed by atoms with Crippen LogP contribution in [-0.4, -0.2) is 24.6 Å². The summed E-state index contributed by atoms with van der Waals surface area (Å²) in [5.41, 5.74) is 0. The zero-order valence-electron chi connectivity index (χ0n) is 18.2. The van der Waals surface area contributed by atoms with Gasteiger partial charge < -0.3 is 9.47 Å². The highest BCUT2D eigenvalue weighted by Crippen LogP contribution is 2.12. The van der Waals surface area contributed by atoms with Gasteiger partial charge in [-0.1, -0.05) is 85.0 Å². The van der Waals surface area contributed by atoms with Crippen LogP contribution in [-0.2, 0) is 19.1 Å². The molecular formula is C23H44O4. The second-order valence-corrected chi connectivity index (χ2v) is 7.59. The molecule has 0 aromatic rings. The minimum absolute atomic E-state index is 0.0334. The van der Waals surface area contributed by atoms with Gasteiger partial charge >= 0.3 is 11.9 Å². The molecule has 0 amide bonds. The molecule has 0 spiro atoms. The Bertz CT molecular complexity index is 348. The largest absolute Gasteiger partial charge is 0.466 e. The van der Waals surface area contributed by atoms with Gasteiger partial charge in [-0.2, -0.15) is 0 Å². The number of rotatable bonds is 19. The molecular weight excluding hydrogens is 340 g/mol. The van der Waals surface area contributed by atoms with Crippen molar-refractivity contribution >= 4 is 11.9 Å². The van der Waals surface area contributed by atoms with E-state index >= 15 is 0 Å². The van der Waals surface area contributed by atoms with Crippen LogP contribution in [0.4, 0.5) is 0 Å². The Hall–Kier alpha value is -1.06. The normalized spacial score (nSPS) is 11.0. The maximum atomic E-state index is 11.9. The Labute approximate surface area is 167 Å². The van der Waals surface area contributed by atoms with Gasteiger partial charge in [0, 0.05) is 12.8 Å². The molecule has 0 aliphatic rings. The van der Waals surface area contributed by atoms with Crippen molar-refractivity contribution in [3.8, 4) is 0 Å². The van der Waals surface area contributed by atoms with E-state index < -0.39 is 0 Å². The first-order valence-electron chi connectivity index (χ1n) is 11.5. The van der Waals surface area contributed by atoms with E-state index in [2.05, 4.69) is 20.8 Å². The van der Waals surface area contributed by atoms with Crippen molar-refractivity contribution in [3.63, 3.8) is 0 Å². The van der Waals surface area contributed by atoms with E-state index in [1.54, 1.807) is 0 Å². The Morgan fingerprint density at radius 1 is 0.630 bits per heavy atom. The number of unbranched alkanes of at least 4 members (excludes halogenated alkanes) is 8. The van der Waals surface area contributed by atoms with Crippen molar-refractivity contribution < 1.29 is 19.1 Å². The number of hydrogen-bond acceptors (Lipinski definition) is 4.